The van der Waals surface area contributed by atoms with Crippen molar-refractivity contribution in [2.45, 2.75) is 0 Å². The number of aliphatic imine (C=N–C) groups is 1. The molecule has 0 aliphatic rings. The molecule has 0 bridgehead atoms. The van der Waals surface area contributed by atoms with E-state index in [9.17, 15) is 0 Å². The number of benzene rings is 4. The molecule has 0 aliphatic heterocycles. The van der Waals surface area contributed by atoms with Gasteiger partial charge in [-0.1, -0.05) is 78.9 Å². The fourth-order valence-electron chi connectivity index (χ4n) is 4.05. The van der Waals surface area contributed by atoms with Crippen molar-refractivity contribution in [2.75, 3.05) is 18.5 Å². The molecule has 0 saturated heterocycles. The van der Waals surface area contributed by atoms with Crippen LogP contribution in [-0.4, -0.2) is 24.5 Å². The summed E-state index contributed by atoms with van der Waals surface area (Å²) in [6.07, 6.45) is 0. The Morgan fingerprint density at radius 2 is 1.27 bits per heavy atom. The lowest BCUT2D eigenvalue weighted by Gasteiger charge is -2.11. The second kappa shape index (κ2) is 7.88. The second-order valence-corrected chi connectivity index (χ2v) is 7.39. The van der Waals surface area contributed by atoms with Crippen LogP contribution in [0.5, 0.6) is 0 Å². The molecule has 1 N–H and O–H groups in total. The van der Waals surface area contributed by atoms with Gasteiger partial charge < -0.3 is 5.43 Å². The summed E-state index contributed by atoms with van der Waals surface area (Å²) in [7, 11) is 0. The number of hydrogen-bond acceptors (Lipinski definition) is 2. The monoisotopic (exact) mass is 389 g/mol. The van der Waals surface area contributed by atoms with E-state index < -0.39 is 0 Å². The molecular formula is C27H23N3. The van der Waals surface area contributed by atoms with E-state index in [4.69, 9.17) is 0 Å². The highest BCUT2D eigenvalue weighted by molar-refractivity contribution is 6.10. The normalized spacial score (nSPS) is 11.1. The maximum atomic E-state index is 3.99. The number of rotatable bonds is 6. The van der Waals surface area contributed by atoms with Crippen LogP contribution in [0.4, 0.5) is 0 Å². The van der Waals surface area contributed by atoms with Gasteiger partial charge in [0.25, 0.3) is 0 Å². The number of aromatic nitrogens is 1. The molecule has 0 aliphatic carbocycles. The molecule has 0 fully saturated rings. The van der Waals surface area contributed by atoms with Crippen molar-refractivity contribution in [1.82, 2.24) is 4.68 Å². The smallest absolute Gasteiger partial charge is 0.0712 e. The summed E-state index contributed by atoms with van der Waals surface area (Å²) in [5.74, 6) is 0. The maximum absolute atomic E-state index is 3.99. The molecule has 30 heavy (non-hydrogen) atoms. The van der Waals surface area contributed by atoms with Crippen LogP contribution in [-0.2, 0) is 0 Å². The number of nitrogens with zero attached hydrogens (tertiary/aromatic N) is 2. The molecule has 3 heteroatoms. The Balaban J connectivity index is 1.71. The van der Waals surface area contributed by atoms with E-state index in [1.54, 1.807) is 0 Å². The van der Waals surface area contributed by atoms with Crippen molar-refractivity contribution >= 4 is 28.5 Å². The van der Waals surface area contributed by atoms with Gasteiger partial charge in [0, 0.05) is 10.8 Å². The topological polar surface area (TPSA) is 29.3 Å². The summed E-state index contributed by atoms with van der Waals surface area (Å²) < 4.78 is 2.19. The molecule has 5 aromatic rings. The quantitative estimate of drug-likeness (QED) is 0.265. The average molecular weight is 390 g/mol. The van der Waals surface area contributed by atoms with E-state index in [2.05, 4.69) is 113 Å². The predicted octanol–water partition coefficient (Wildman–Crippen LogP) is 6.37. The summed E-state index contributed by atoms with van der Waals surface area (Å²) in [6.45, 7) is 5.01. The van der Waals surface area contributed by atoms with Crippen LogP contribution in [0.1, 0.15) is 0 Å². The van der Waals surface area contributed by atoms with E-state index in [1.165, 1.54) is 44.1 Å². The minimum atomic E-state index is 0.668. The minimum absolute atomic E-state index is 0.668. The van der Waals surface area contributed by atoms with Gasteiger partial charge in [0.05, 0.1) is 24.1 Å². The predicted molar refractivity (Wildman–Crippen MR) is 129 cm³/mol. The fraction of sp³-hybridized carbons (Fsp3) is 0.0741. The Morgan fingerprint density at radius 1 is 0.633 bits per heavy atom. The fourth-order valence-corrected chi connectivity index (χ4v) is 4.05. The SMILES string of the molecule is C=NCCNn1c2ccc(-c3ccccc3)cc2c2ccc(-c3ccccc3)cc21. The Kier molecular flexibility index (Phi) is 4.78. The molecule has 0 radical (unpaired) electrons. The first-order valence-corrected chi connectivity index (χ1v) is 10.2. The van der Waals surface area contributed by atoms with Crippen LogP contribution >= 0.6 is 0 Å². The summed E-state index contributed by atoms with van der Waals surface area (Å²) in [4.78, 5) is 3.99. The second-order valence-electron chi connectivity index (χ2n) is 7.39. The van der Waals surface area contributed by atoms with Crippen molar-refractivity contribution in [3.63, 3.8) is 0 Å². The van der Waals surface area contributed by atoms with Crippen LogP contribution in [0.3, 0.4) is 0 Å². The molecule has 1 aromatic heterocycles. The molecule has 0 amide bonds. The highest BCUT2D eigenvalue weighted by Gasteiger charge is 2.13. The van der Waals surface area contributed by atoms with E-state index in [0.717, 1.165) is 6.54 Å². The molecule has 0 atom stereocenters. The van der Waals surface area contributed by atoms with Crippen LogP contribution in [0.25, 0.3) is 44.1 Å². The van der Waals surface area contributed by atoms with Gasteiger partial charge in [-0.25, -0.2) is 0 Å². The van der Waals surface area contributed by atoms with Crippen molar-refractivity contribution in [1.29, 1.82) is 0 Å². The summed E-state index contributed by atoms with van der Waals surface area (Å²) in [5, 5.41) is 2.48. The molecule has 0 unspecified atom stereocenters. The molecule has 0 spiro atoms. The van der Waals surface area contributed by atoms with Gasteiger partial charge in [-0.15, -0.1) is 0 Å². The standard InChI is InChI=1S/C27H23N3/c1-28-16-17-29-30-26-15-13-22(20-8-4-2-5-9-20)18-25(26)24-14-12-23(19-27(24)30)21-10-6-3-7-11-21/h2-15,18-19,29H,1,16-17H2. The first kappa shape index (κ1) is 18.2. The zero-order valence-corrected chi connectivity index (χ0v) is 16.8. The van der Waals surface area contributed by atoms with Gasteiger partial charge >= 0.3 is 0 Å². The van der Waals surface area contributed by atoms with E-state index in [1.807, 2.05) is 6.07 Å². The van der Waals surface area contributed by atoms with E-state index in [0.29, 0.717) is 6.54 Å². The summed E-state index contributed by atoms with van der Waals surface area (Å²) in [5.41, 5.74) is 10.7. The Hall–Kier alpha value is -3.85. The molecule has 1 heterocycles. The van der Waals surface area contributed by atoms with Gasteiger partial charge in [-0.3, -0.25) is 9.67 Å². The third kappa shape index (κ3) is 3.25. The number of hydrogen-bond donors (Lipinski definition) is 1. The third-order valence-corrected chi connectivity index (χ3v) is 5.52. The Morgan fingerprint density at radius 3 is 1.93 bits per heavy atom. The lowest BCUT2D eigenvalue weighted by molar-refractivity contribution is 0.880. The van der Waals surface area contributed by atoms with Crippen molar-refractivity contribution < 1.29 is 0 Å². The van der Waals surface area contributed by atoms with Crippen molar-refractivity contribution in [2.24, 2.45) is 4.99 Å². The molecule has 146 valence electrons. The van der Waals surface area contributed by atoms with Crippen molar-refractivity contribution in [3.8, 4) is 22.3 Å². The van der Waals surface area contributed by atoms with Gasteiger partial charge in [-0.05, 0) is 47.2 Å². The number of fused-ring (bicyclic) bond motifs is 3. The zero-order chi connectivity index (χ0) is 20.3. The van der Waals surface area contributed by atoms with Gasteiger partial charge in [-0.2, -0.15) is 0 Å². The molecule has 0 saturated carbocycles. The van der Waals surface area contributed by atoms with Gasteiger partial charge in [0.15, 0.2) is 0 Å². The van der Waals surface area contributed by atoms with E-state index >= 15 is 0 Å². The number of nitrogens with one attached hydrogen (secondary N) is 1. The lowest BCUT2D eigenvalue weighted by atomic mass is 10.0. The van der Waals surface area contributed by atoms with Crippen molar-refractivity contribution in [3.05, 3.63) is 97.1 Å². The van der Waals surface area contributed by atoms with Crippen LogP contribution < -0.4 is 5.43 Å². The van der Waals surface area contributed by atoms with Gasteiger partial charge in [0.1, 0.15) is 0 Å². The average Bonchev–Trinajstić information content (AvgIpc) is 3.13. The third-order valence-electron chi connectivity index (χ3n) is 5.52. The Labute approximate surface area is 176 Å². The van der Waals surface area contributed by atoms with Gasteiger partial charge in [0.2, 0.25) is 0 Å². The summed E-state index contributed by atoms with van der Waals surface area (Å²) in [6, 6.07) is 34.4. The lowest BCUT2D eigenvalue weighted by Crippen LogP contribution is -2.17. The largest absolute Gasteiger partial charge is 0.323 e. The Bertz CT molecular complexity index is 1320. The van der Waals surface area contributed by atoms with Crippen LogP contribution in [0.15, 0.2) is 102 Å². The first-order valence-electron chi connectivity index (χ1n) is 10.2. The molecule has 3 nitrogen and oxygen atoms in total. The van der Waals surface area contributed by atoms with Crippen LogP contribution in [0.2, 0.25) is 0 Å². The molecule has 4 aromatic carbocycles. The highest BCUT2D eigenvalue weighted by Crippen LogP contribution is 2.34. The zero-order valence-electron chi connectivity index (χ0n) is 16.8. The molecular weight excluding hydrogens is 366 g/mol. The maximum Gasteiger partial charge on any atom is 0.0712 e. The summed E-state index contributed by atoms with van der Waals surface area (Å²) >= 11 is 0. The highest BCUT2D eigenvalue weighted by atomic mass is 15.4. The van der Waals surface area contributed by atoms with Crippen LogP contribution in [0, 0.1) is 0 Å². The first-order chi connectivity index (χ1) is 14.8. The minimum Gasteiger partial charge on any atom is -0.323 e. The molecule has 5 rings (SSSR count). The van der Waals surface area contributed by atoms with E-state index in [-0.39, 0.29) is 0 Å².